The zero-order valence-corrected chi connectivity index (χ0v) is 29.9. The molecule has 6 aromatic rings. The first-order valence-electron chi connectivity index (χ1n) is 14.5. The molecule has 0 fully saturated rings. The SMILES string of the molecule is Cc1nn(-c2ccccc2)c([O-])c1N=Nc1cc(Cl)cc(S(=O)(=O)[O-])c1[O-].Cc1nn(-c2ccccc2)c([O-])c1N=Nc1cc([N+](=O)[O-])ccc1[O-].[Cr+3].[H+].[H+]. The molecule has 53 heavy (non-hydrogen) atoms. The smallest absolute Gasteiger partial charge is 0.871 e. The molecule has 0 aliphatic carbocycles. The fraction of sp³-hybridized carbons (Fsp3) is 0.0625. The van der Waals surface area contributed by atoms with Crippen molar-refractivity contribution in [3.63, 3.8) is 0 Å². The van der Waals surface area contributed by atoms with Gasteiger partial charge in [-0.05, 0) is 50.2 Å². The van der Waals surface area contributed by atoms with Gasteiger partial charge in [0.15, 0.2) is 0 Å². The Morgan fingerprint density at radius 3 is 1.64 bits per heavy atom. The molecule has 18 nitrogen and oxygen atoms in total. The number of halogens is 1. The van der Waals surface area contributed by atoms with E-state index < -0.39 is 48.9 Å². The number of hydrogen-bond donors (Lipinski definition) is 0. The molecule has 6 rings (SSSR count). The molecule has 0 aliphatic heterocycles. The number of aromatic nitrogens is 4. The number of azo groups is 2. The Hall–Kier alpha value is -6.17. The second kappa shape index (κ2) is 16.5. The van der Waals surface area contributed by atoms with Crippen molar-refractivity contribution in [3.05, 3.63) is 118 Å². The first kappa shape index (κ1) is 39.6. The summed E-state index contributed by atoms with van der Waals surface area (Å²) in [5, 5.41) is 82.4. The fourth-order valence-electron chi connectivity index (χ4n) is 4.43. The van der Waals surface area contributed by atoms with Crippen molar-refractivity contribution in [1.82, 2.24) is 19.6 Å². The number of hydrogen-bond acceptors (Lipinski definition) is 15. The van der Waals surface area contributed by atoms with Gasteiger partial charge in [0.2, 0.25) is 0 Å². The Labute approximate surface area is 318 Å². The van der Waals surface area contributed by atoms with Gasteiger partial charge in [-0.15, -0.1) is 10.2 Å². The molecule has 2 heterocycles. The van der Waals surface area contributed by atoms with E-state index in [2.05, 4.69) is 30.7 Å². The van der Waals surface area contributed by atoms with E-state index >= 15 is 0 Å². The first-order valence-corrected chi connectivity index (χ1v) is 16.3. The minimum Gasteiger partial charge on any atom is -0.871 e. The quantitative estimate of drug-likeness (QED) is 0.0837. The van der Waals surface area contributed by atoms with Crippen LogP contribution in [0.3, 0.4) is 0 Å². The molecule has 0 atom stereocenters. The summed E-state index contributed by atoms with van der Waals surface area (Å²) in [5.74, 6) is -2.76. The maximum absolute atomic E-state index is 12.5. The van der Waals surface area contributed by atoms with Crippen LogP contribution >= 0.6 is 11.6 Å². The fourth-order valence-corrected chi connectivity index (χ4v) is 5.31. The van der Waals surface area contributed by atoms with Gasteiger partial charge in [0.05, 0.1) is 44.0 Å². The van der Waals surface area contributed by atoms with E-state index in [9.17, 15) is 43.5 Å². The van der Waals surface area contributed by atoms with E-state index in [1.807, 2.05) is 6.07 Å². The normalized spacial score (nSPS) is 11.3. The van der Waals surface area contributed by atoms with E-state index in [1.165, 1.54) is 11.6 Å². The third kappa shape index (κ3) is 9.02. The summed E-state index contributed by atoms with van der Waals surface area (Å²) in [4.78, 5) is 9.09. The van der Waals surface area contributed by atoms with Crippen LogP contribution in [0.2, 0.25) is 5.02 Å². The minimum absolute atomic E-state index is 0. The summed E-state index contributed by atoms with van der Waals surface area (Å²) in [7, 11) is -5.04. The van der Waals surface area contributed by atoms with Crippen molar-refractivity contribution < 1.29 is 58.5 Å². The summed E-state index contributed by atoms with van der Waals surface area (Å²) in [5.41, 5.74) is 0.501. The predicted molar refractivity (Wildman–Crippen MR) is 177 cm³/mol. The molecule has 1 radical (unpaired) electrons. The molecule has 0 bridgehead atoms. The summed E-state index contributed by atoms with van der Waals surface area (Å²) in [6.07, 6.45) is 0. The molecule has 21 heteroatoms. The molecule has 0 N–H and O–H groups in total. The summed E-state index contributed by atoms with van der Waals surface area (Å²) in [6, 6.07) is 22.3. The van der Waals surface area contributed by atoms with Gasteiger partial charge in [-0.1, -0.05) is 65.6 Å². The van der Waals surface area contributed by atoms with Gasteiger partial charge in [0, 0.05) is 28.9 Å². The second-order valence-corrected chi connectivity index (χ2v) is 12.3. The van der Waals surface area contributed by atoms with E-state index in [0.717, 1.165) is 35.0 Å². The van der Waals surface area contributed by atoms with Crippen molar-refractivity contribution in [2.24, 2.45) is 20.5 Å². The van der Waals surface area contributed by atoms with E-state index in [-0.39, 0.29) is 53.7 Å². The Morgan fingerprint density at radius 2 is 1.19 bits per heavy atom. The molecule has 0 unspecified atom stereocenters. The predicted octanol–water partition coefficient (Wildman–Crippen LogP) is 5.17. The van der Waals surface area contributed by atoms with Crippen LogP contribution in [0.1, 0.15) is 14.2 Å². The van der Waals surface area contributed by atoms with Crippen molar-refractivity contribution in [2.45, 2.75) is 18.7 Å². The van der Waals surface area contributed by atoms with Crippen LogP contribution in [0.25, 0.3) is 11.4 Å². The minimum atomic E-state index is -5.04. The van der Waals surface area contributed by atoms with Crippen LogP contribution in [0, 0.1) is 24.0 Å². The molecule has 269 valence electrons. The molecule has 0 saturated carbocycles. The average molecular weight is 797 g/mol. The summed E-state index contributed by atoms with van der Waals surface area (Å²) < 4.78 is 35.7. The molecule has 0 aliphatic rings. The summed E-state index contributed by atoms with van der Waals surface area (Å²) >= 11 is 5.73. The molecule has 4 aromatic carbocycles. The average Bonchev–Trinajstić information content (AvgIpc) is 3.56. The van der Waals surface area contributed by atoms with Gasteiger partial charge >= 0.3 is 20.2 Å². The van der Waals surface area contributed by atoms with Gasteiger partial charge < -0.3 is 25.0 Å². The van der Waals surface area contributed by atoms with E-state index in [4.69, 9.17) is 11.6 Å². The Balaban J connectivity index is 0.000000361. The first-order chi connectivity index (χ1) is 24.6. The maximum atomic E-state index is 12.5. The molecule has 0 amide bonds. The van der Waals surface area contributed by atoms with Crippen LogP contribution in [0.5, 0.6) is 23.3 Å². The van der Waals surface area contributed by atoms with Crippen LogP contribution < -0.4 is 20.4 Å². The van der Waals surface area contributed by atoms with Crippen LogP contribution in [0.15, 0.2) is 116 Å². The third-order valence-electron chi connectivity index (χ3n) is 6.91. The van der Waals surface area contributed by atoms with Crippen molar-refractivity contribution in [2.75, 3.05) is 0 Å². The number of aryl methyl sites for hydroxylation is 2. The van der Waals surface area contributed by atoms with Crippen molar-refractivity contribution >= 4 is 50.2 Å². The van der Waals surface area contributed by atoms with Gasteiger partial charge in [-0.3, -0.25) is 10.1 Å². The topological polar surface area (TPSA) is 278 Å². The van der Waals surface area contributed by atoms with Crippen LogP contribution in [-0.2, 0) is 27.5 Å². The zero-order valence-electron chi connectivity index (χ0n) is 29.1. The van der Waals surface area contributed by atoms with Crippen molar-refractivity contribution in [3.8, 4) is 34.6 Å². The molecule has 0 saturated heterocycles. The number of nitrogens with zero attached hydrogens (tertiary/aromatic N) is 9. The van der Waals surface area contributed by atoms with Gasteiger partial charge in [0.25, 0.3) is 5.69 Å². The Kier molecular flexibility index (Phi) is 12.3. The van der Waals surface area contributed by atoms with Gasteiger partial charge in [-0.2, -0.15) is 20.4 Å². The standard InChI is InChI=1S/C16H13ClN4O5S.C16H13N5O4.Cr/c1-9-14(16(23)21(20-9)11-5-3-2-4-6-11)19-18-12-7-10(17)8-13(15(12)22)27(24,25)26;1-10-15(16(23)20(19-10)11-5-3-2-4-6-11)18-17-13-9-12(21(24)25)7-8-14(13)22;/h2-8,22-23H,1H3,(H,24,25,26);2-9,22-23H,1H3;/q;;+3/p-3. The number of nitro groups is 1. The van der Waals surface area contributed by atoms with Crippen molar-refractivity contribution in [1.29, 1.82) is 0 Å². The van der Waals surface area contributed by atoms with Crippen LogP contribution in [0.4, 0.5) is 28.4 Å². The monoisotopic (exact) mass is 796 g/mol. The number of benzene rings is 4. The molecular weight excluding hydrogens is 774 g/mol. The Bertz CT molecular complexity index is 2470. The van der Waals surface area contributed by atoms with Gasteiger partial charge in [0.1, 0.15) is 21.5 Å². The largest absolute Gasteiger partial charge is 3.00 e. The number of para-hydroxylation sites is 2. The third-order valence-corrected chi connectivity index (χ3v) is 7.98. The number of rotatable bonds is 8. The molecular formula is C32H23ClCrN9O9S. The van der Waals surface area contributed by atoms with Gasteiger partial charge in [-0.25, -0.2) is 17.8 Å². The maximum Gasteiger partial charge on any atom is 3.00 e. The Morgan fingerprint density at radius 1 is 0.717 bits per heavy atom. The molecule has 2 aromatic heterocycles. The molecule has 0 spiro atoms. The van der Waals surface area contributed by atoms with Crippen LogP contribution in [-0.4, -0.2) is 37.5 Å². The van der Waals surface area contributed by atoms with E-state index in [1.54, 1.807) is 61.5 Å². The number of non-ortho nitro benzene ring substituents is 1. The second-order valence-electron chi connectivity index (χ2n) is 10.5. The summed E-state index contributed by atoms with van der Waals surface area (Å²) in [6.45, 7) is 3.11. The van der Waals surface area contributed by atoms with E-state index in [0.29, 0.717) is 17.1 Å². The number of nitro benzene ring substituents is 1. The zero-order chi connectivity index (χ0) is 37.7.